The van der Waals surface area contributed by atoms with Crippen LogP contribution in [0.15, 0.2) is 34.2 Å². The van der Waals surface area contributed by atoms with Crippen LogP contribution in [0, 0.1) is 5.92 Å². The first-order valence-corrected chi connectivity index (χ1v) is 11.5. The van der Waals surface area contributed by atoms with Gasteiger partial charge in [0, 0.05) is 46.3 Å². The quantitative estimate of drug-likeness (QED) is 0.388. The average Bonchev–Trinajstić information content (AvgIpc) is 2.68. The molecule has 8 heteroatoms. The lowest BCUT2D eigenvalue weighted by molar-refractivity contribution is 0.222. The van der Waals surface area contributed by atoms with E-state index in [0.29, 0.717) is 36.4 Å². The Hall–Kier alpha value is -1.64. The summed E-state index contributed by atoms with van der Waals surface area (Å²) in [5.41, 5.74) is 0.756. The van der Waals surface area contributed by atoms with Gasteiger partial charge in [0.15, 0.2) is 5.96 Å². The summed E-state index contributed by atoms with van der Waals surface area (Å²) in [6, 6.07) is 7.22. The number of hydrogen-bond acceptors (Lipinski definition) is 4. The minimum Gasteiger partial charge on any atom is -0.356 e. The van der Waals surface area contributed by atoms with Crippen LogP contribution in [0.5, 0.6) is 0 Å². The topological polar surface area (TPSA) is 77.0 Å². The number of piperazine rings is 1. The summed E-state index contributed by atoms with van der Waals surface area (Å²) in [6.07, 6.45) is 2.24. The van der Waals surface area contributed by atoms with Crippen molar-refractivity contribution >= 4 is 16.0 Å². The second-order valence-electron chi connectivity index (χ2n) is 7.70. The van der Waals surface area contributed by atoms with Gasteiger partial charge in [0.2, 0.25) is 10.0 Å². The molecule has 1 fully saturated rings. The molecule has 0 bridgehead atoms. The molecule has 0 unspecified atom stereocenters. The van der Waals surface area contributed by atoms with E-state index in [1.54, 1.807) is 23.5 Å². The van der Waals surface area contributed by atoms with Crippen molar-refractivity contribution in [3.05, 3.63) is 29.8 Å². The van der Waals surface area contributed by atoms with Crippen LogP contribution in [-0.4, -0.2) is 70.4 Å². The zero-order chi connectivity index (χ0) is 20.6. The van der Waals surface area contributed by atoms with Gasteiger partial charge < -0.3 is 15.5 Å². The van der Waals surface area contributed by atoms with Crippen LogP contribution in [0.25, 0.3) is 0 Å². The second-order valence-corrected chi connectivity index (χ2v) is 9.61. The molecule has 0 saturated carbocycles. The largest absolute Gasteiger partial charge is 0.356 e. The molecule has 0 amide bonds. The van der Waals surface area contributed by atoms with E-state index < -0.39 is 10.0 Å². The average molecular weight is 410 g/mol. The van der Waals surface area contributed by atoms with Gasteiger partial charge in [-0.25, -0.2) is 8.42 Å². The molecule has 2 N–H and O–H groups in total. The minimum absolute atomic E-state index is 0.377. The van der Waals surface area contributed by atoms with Crippen molar-refractivity contribution in [2.75, 3.05) is 46.8 Å². The van der Waals surface area contributed by atoms with E-state index in [1.165, 1.54) is 0 Å². The van der Waals surface area contributed by atoms with E-state index in [2.05, 4.69) is 34.4 Å². The van der Waals surface area contributed by atoms with Crippen molar-refractivity contribution in [3.8, 4) is 0 Å². The molecular formula is C20H35N5O2S. The first-order chi connectivity index (χ1) is 13.3. The molecule has 158 valence electrons. The van der Waals surface area contributed by atoms with Crippen LogP contribution < -0.4 is 10.6 Å². The predicted octanol–water partition coefficient (Wildman–Crippen LogP) is 1.72. The number of aliphatic imine (C=N–C) groups is 1. The molecule has 1 aliphatic heterocycles. The lowest BCUT2D eigenvalue weighted by atomic mass is 10.1. The molecule has 0 atom stereocenters. The third-order valence-electron chi connectivity index (χ3n) is 4.97. The van der Waals surface area contributed by atoms with E-state index in [0.717, 1.165) is 38.0 Å². The Morgan fingerprint density at radius 1 is 1.14 bits per heavy atom. The monoisotopic (exact) mass is 409 g/mol. The Balaban J connectivity index is 2.01. The fourth-order valence-electron chi connectivity index (χ4n) is 3.19. The van der Waals surface area contributed by atoms with E-state index >= 15 is 0 Å². The first-order valence-electron chi connectivity index (χ1n) is 10.1. The Morgan fingerprint density at radius 2 is 1.82 bits per heavy atom. The van der Waals surface area contributed by atoms with Crippen molar-refractivity contribution < 1.29 is 8.42 Å². The van der Waals surface area contributed by atoms with Gasteiger partial charge in [0.25, 0.3) is 0 Å². The summed E-state index contributed by atoms with van der Waals surface area (Å²) in [5, 5.41) is 6.54. The van der Waals surface area contributed by atoms with Gasteiger partial charge >= 0.3 is 0 Å². The summed E-state index contributed by atoms with van der Waals surface area (Å²) in [4.78, 5) is 6.76. The Bertz CT molecular complexity index is 741. The third kappa shape index (κ3) is 6.46. The maximum Gasteiger partial charge on any atom is 0.243 e. The first kappa shape index (κ1) is 22.6. The molecule has 1 aromatic carbocycles. The van der Waals surface area contributed by atoms with Crippen LogP contribution in [0.2, 0.25) is 0 Å². The molecule has 28 heavy (non-hydrogen) atoms. The van der Waals surface area contributed by atoms with Gasteiger partial charge in [0.1, 0.15) is 0 Å². The van der Waals surface area contributed by atoms with Crippen LogP contribution in [0.3, 0.4) is 0 Å². The van der Waals surface area contributed by atoms with E-state index in [4.69, 9.17) is 0 Å². The molecular weight excluding hydrogens is 374 g/mol. The maximum atomic E-state index is 13.1. The molecule has 2 rings (SSSR count). The molecule has 0 radical (unpaired) electrons. The van der Waals surface area contributed by atoms with E-state index in [-0.39, 0.29) is 0 Å². The molecule has 0 spiro atoms. The molecule has 7 nitrogen and oxygen atoms in total. The third-order valence-corrected chi connectivity index (χ3v) is 6.97. The summed E-state index contributed by atoms with van der Waals surface area (Å²) in [5.74, 6) is 1.37. The van der Waals surface area contributed by atoms with Crippen molar-refractivity contribution in [2.45, 2.75) is 38.1 Å². The lowest BCUT2D eigenvalue weighted by Gasteiger charge is -2.32. The highest BCUT2D eigenvalue weighted by Gasteiger charge is 2.29. The van der Waals surface area contributed by atoms with Crippen molar-refractivity contribution in [1.82, 2.24) is 19.8 Å². The van der Waals surface area contributed by atoms with Crippen molar-refractivity contribution in [3.63, 3.8) is 0 Å². The molecule has 1 heterocycles. The molecule has 0 aliphatic carbocycles. The Labute approximate surface area is 170 Å². The standard InChI is InChI=1S/C20H35N5O2S/c1-17(2)8-7-11-22-20(21-3)23-16-18-9-5-6-10-19(18)28(26,27)25-14-12-24(4)13-15-25/h5-6,9-10,17H,7-8,11-16H2,1-4H3,(H2,21,22,23). The van der Waals surface area contributed by atoms with Crippen molar-refractivity contribution in [1.29, 1.82) is 0 Å². The summed E-state index contributed by atoms with van der Waals surface area (Å²) in [6.45, 7) is 8.25. The Morgan fingerprint density at radius 3 is 2.46 bits per heavy atom. The number of nitrogens with one attached hydrogen (secondary N) is 2. The summed E-state index contributed by atoms with van der Waals surface area (Å²) in [7, 11) is 0.248. The van der Waals surface area contributed by atoms with Gasteiger partial charge in [-0.3, -0.25) is 4.99 Å². The minimum atomic E-state index is -3.49. The normalized spacial score (nSPS) is 17.1. The van der Waals surface area contributed by atoms with Gasteiger partial charge in [-0.1, -0.05) is 32.0 Å². The number of benzene rings is 1. The van der Waals surface area contributed by atoms with E-state index in [9.17, 15) is 8.42 Å². The van der Waals surface area contributed by atoms with Gasteiger partial charge in [-0.15, -0.1) is 0 Å². The zero-order valence-corrected chi connectivity index (χ0v) is 18.4. The predicted molar refractivity (Wildman–Crippen MR) is 115 cm³/mol. The van der Waals surface area contributed by atoms with Crippen LogP contribution in [0.1, 0.15) is 32.3 Å². The van der Waals surface area contributed by atoms with Gasteiger partial charge in [-0.2, -0.15) is 4.31 Å². The van der Waals surface area contributed by atoms with Crippen molar-refractivity contribution in [2.24, 2.45) is 10.9 Å². The highest BCUT2D eigenvalue weighted by molar-refractivity contribution is 7.89. The highest BCUT2D eigenvalue weighted by Crippen LogP contribution is 2.21. The van der Waals surface area contributed by atoms with Crippen LogP contribution >= 0.6 is 0 Å². The number of sulfonamides is 1. The molecule has 1 saturated heterocycles. The number of guanidine groups is 1. The van der Waals surface area contributed by atoms with Crippen LogP contribution in [0.4, 0.5) is 0 Å². The SMILES string of the molecule is CN=C(NCCCC(C)C)NCc1ccccc1S(=O)(=O)N1CCN(C)CC1. The fourth-order valence-corrected chi connectivity index (χ4v) is 4.83. The Kier molecular flexibility index (Phi) is 8.72. The van der Waals surface area contributed by atoms with E-state index in [1.807, 2.05) is 19.2 Å². The number of likely N-dealkylation sites (N-methyl/N-ethyl adjacent to an activating group) is 1. The molecule has 1 aliphatic rings. The second kappa shape index (κ2) is 10.8. The summed E-state index contributed by atoms with van der Waals surface area (Å²) >= 11 is 0. The number of rotatable bonds is 8. The summed E-state index contributed by atoms with van der Waals surface area (Å²) < 4.78 is 27.9. The van der Waals surface area contributed by atoms with Crippen LogP contribution in [-0.2, 0) is 16.6 Å². The maximum absolute atomic E-state index is 13.1. The van der Waals surface area contributed by atoms with Gasteiger partial charge in [0.05, 0.1) is 4.90 Å². The lowest BCUT2D eigenvalue weighted by Crippen LogP contribution is -2.47. The molecule has 1 aromatic rings. The highest BCUT2D eigenvalue weighted by atomic mass is 32.2. The smallest absolute Gasteiger partial charge is 0.243 e. The number of hydrogen-bond donors (Lipinski definition) is 2. The van der Waals surface area contributed by atoms with Gasteiger partial charge in [-0.05, 0) is 37.4 Å². The number of nitrogens with zero attached hydrogens (tertiary/aromatic N) is 3. The zero-order valence-electron chi connectivity index (χ0n) is 17.6. The molecule has 0 aromatic heterocycles. The fraction of sp³-hybridized carbons (Fsp3) is 0.650.